The summed E-state index contributed by atoms with van der Waals surface area (Å²) in [5.74, 6) is 1.84. The molecule has 2 fully saturated rings. The van der Waals surface area contributed by atoms with Gasteiger partial charge in [-0.1, -0.05) is 32.1 Å². The lowest BCUT2D eigenvalue weighted by Gasteiger charge is -2.21. The van der Waals surface area contributed by atoms with Gasteiger partial charge in [0.1, 0.15) is 0 Å². The van der Waals surface area contributed by atoms with Crippen molar-refractivity contribution >= 4 is 5.91 Å². The lowest BCUT2D eigenvalue weighted by atomic mass is 9.85. The Morgan fingerprint density at radius 1 is 1.29 bits per heavy atom. The van der Waals surface area contributed by atoms with Gasteiger partial charge in [0.25, 0.3) is 0 Å². The molecule has 2 aliphatic rings. The van der Waals surface area contributed by atoms with Gasteiger partial charge < -0.3 is 10.1 Å². The topological polar surface area (TPSA) is 38.3 Å². The van der Waals surface area contributed by atoms with Gasteiger partial charge in [-0.15, -0.1) is 0 Å². The van der Waals surface area contributed by atoms with Crippen molar-refractivity contribution in [3.8, 4) is 0 Å². The van der Waals surface area contributed by atoms with Crippen LogP contribution in [0.25, 0.3) is 0 Å². The fraction of sp³-hybridized carbons (Fsp3) is 0.929. The van der Waals surface area contributed by atoms with Gasteiger partial charge in [-0.25, -0.2) is 0 Å². The Labute approximate surface area is 104 Å². The molecule has 0 spiro atoms. The zero-order valence-electron chi connectivity index (χ0n) is 10.9. The number of hydrogen-bond acceptors (Lipinski definition) is 2. The van der Waals surface area contributed by atoms with E-state index in [0.717, 1.165) is 11.8 Å². The molecule has 0 bridgehead atoms. The normalized spacial score (nSPS) is 29.0. The number of amides is 1. The number of rotatable bonds is 6. The molecule has 17 heavy (non-hydrogen) atoms. The summed E-state index contributed by atoms with van der Waals surface area (Å²) >= 11 is 0. The molecule has 0 saturated heterocycles. The van der Waals surface area contributed by atoms with Gasteiger partial charge in [-0.2, -0.15) is 0 Å². The molecule has 0 aromatic rings. The summed E-state index contributed by atoms with van der Waals surface area (Å²) in [5.41, 5.74) is 0. The van der Waals surface area contributed by atoms with Crippen LogP contribution in [0.3, 0.4) is 0 Å². The summed E-state index contributed by atoms with van der Waals surface area (Å²) < 4.78 is 5.19. The average molecular weight is 239 g/mol. The van der Waals surface area contributed by atoms with Crippen LogP contribution in [0.5, 0.6) is 0 Å². The molecule has 0 radical (unpaired) electrons. The fourth-order valence-electron chi connectivity index (χ4n) is 3.05. The number of carbonyl (C=O) groups excluding carboxylic acids is 1. The number of nitrogens with one attached hydrogen (secondary N) is 1. The molecule has 0 unspecified atom stereocenters. The first-order valence-electron chi connectivity index (χ1n) is 7.18. The Hall–Kier alpha value is -0.570. The van der Waals surface area contributed by atoms with Crippen molar-refractivity contribution in [1.29, 1.82) is 0 Å². The van der Waals surface area contributed by atoms with E-state index in [1.165, 1.54) is 38.5 Å². The van der Waals surface area contributed by atoms with Crippen LogP contribution in [0, 0.1) is 11.8 Å². The van der Waals surface area contributed by atoms with Crippen molar-refractivity contribution in [3.63, 3.8) is 0 Å². The highest BCUT2D eigenvalue weighted by molar-refractivity contribution is 5.76. The first-order valence-corrected chi connectivity index (χ1v) is 7.18. The molecule has 0 aliphatic heterocycles. The summed E-state index contributed by atoms with van der Waals surface area (Å²) in [4.78, 5) is 11.6. The van der Waals surface area contributed by atoms with Crippen molar-refractivity contribution in [2.24, 2.45) is 11.8 Å². The van der Waals surface area contributed by atoms with Gasteiger partial charge in [0.05, 0.1) is 6.61 Å². The van der Waals surface area contributed by atoms with Gasteiger partial charge in [0.2, 0.25) is 5.91 Å². The summed E-state index contributed by atoms with van der Waals surface area (Å²) in [7, 11) is 0. The summed E-state index contributed by atoms with van der Waals surface area (Å²) in [5, 5.41) is 3.14. The van der Waals surface area contributed by atoms with Crippen LogP contribution in [0.1, 0.15) is 51.9 Å². The van der Waals surface area contributed by atoms with Crippen LogP contribution >= 0.6 is 0 Å². The molecule has 0 aromatic carbocycles. The lowest BCUT2D eigenvalue weighted by molar-refractivity contribution is -0.122. The van der Waals surface area contributed by atoms with Crippen molar-refractivity contribution in [1.82, 2.24) is 5.32 Å². The maximum Gasteiger partial charge on any atom is 0.222 e. The Morgan fingerprint density at radius 2 is 2.06 bits per heavy atom. The van der Waals surface area contributed by atoms with Crippen LogP contribution in [-0.4, -0.2) is 25.2 Å². The molecular formula is C14H25NO2. The molecule has 2 atom stereocenters. The zero-order chi connectivity index (χ0) is 12.1. The Balaban J connectivity index is 1.60. The zero-order valence-corrected chi connectivity index (χ0v) is 10.9. The summed E-state index contributed by atoms with van der Waals surface area (Å²) in [6.45, 7) is 3.21. The van der Waals surface area contributed by atoms with E-state index in [1.54, 1.807) is 0 Å². The smallest absolute Gasteiger partial charge is 0.222 e. The minimum atomic E-state index is 0.168. The van der Waals surface area contributed by atoms with E-state index in [0.29, 0.717) is 25.7 Å². The molecule has 0 aromatic heterocycles. The molecule has 3 heteroatoms. The molecule has 0 heterocycles. The minimum Gasteiger partial charge on any atom is -0.381 e. The minimum absolute atomic E-state index is 0.168. The van der Waals surface area contributed by atoms with Crippen molar-refractivity contribution in [2.75, 3.05) is 13.2 Å². The second-order valence-electron chi connectivity index (χ2n) is 5.42. The van der Waals surface area contributed by atoms with E-state index in [4.69, 9.17) is 4.74 Å². The van der Waals surface area contributed by atoms with E-state index in [1.807, 2.05) is 6.92 Å². The first-order chi connectivity index (χ1) is 8.31. The van der Waals surface area contributed by atoms with Crippen molar-refractivity contribution < 1.29 is 9.53 Å². The maximum absolute atomic E-state index is 11.6. The van der Waals surface area contributed by atoms with Crippen LogP contribution in [-0.2, 0) is 9.53 Å². The fourth-order valence-corrected chi connectivity index (χ4v) is 3.05. The molecule has 2 rings (SSSR count). The van der Waals surface area contributed by atoms with Crippen molar-refractivity contribution in [2.45, 2.75) is 57.9 Å². The second kappa shape index (κ2) is 6.39. The maximum atomic E-state index is 11.6. The van der Waals surface area contributed by atoms with E-state index < -0.39 is 0 Å². The quantitative estimate of drug-likeness (QED) is 0.723. The first kappa shape index (κ1) is 12.9. The van der Waals surface area contributed by atoms with Gasteiger partial charge >= 0.3 is 0 Å². The lowest BCUT2D eigenvalue weighted by Crippen LogP contribution is -2.29. The van der Waals surface area contributed by atoms with Crippen LogP contribution in [0.2, 0.25) is 0 Å². The molecule has 3 nitrogen and oxygen atoms in total. The highest BCUT2D eigenvalue weighted by atomic mass is 16.5. The van der Waals surface area contributed by atoms with Gasteiger partial charge in [-0.3, -0.25) is 4.79 Å². The molecule has 2 aliphatic carbocycles. The summed E-state index contributed by atoms with van der Waals surface area (Å²) in [6, 6.07) is 0.479. The summed E-state index contributed by atoms with van der Waals surface area (Å²) in [6.07, 6.45) is 8.70. The number of hydrogen-bond donors (Lipinski definition) is 1. The predicted molar refractivity (Wildman–Crippen MR) is 67.7 cm³/mol. The van der Waals surface area contributed by atoms with E-state index in [-0.39, 0.29) is 5.91 Å². The monoisotopic (exact) mass is 239 g/mol. The van der Waals surface area contributed by atoms with E-state index in [9.17, 15) is 4.79 Å². The third-order valence-corrected chi connectivity index (χ3v) is 4.12. The number of ether oxygens (including phenoxy) is 1. The Bertz CT molecular complexity index is 249. The van der Waals surface area contributed by atoms with Gasteiger partial charge in [0, 0.05) is 19.1 Å². The van der Waals surface area contributed by atoms with Crippen LogP contribution < -0.4 is 5.32 Å². The standard InChI is InChI=1S/C14H25NO2/c1-2-17-9-8-14(16)15-13-10-12(13)11-6-4-3-5-7-11/h11-13H,2-10H2,1H3,(H,15,16)/t12-,13-/m1/s1. The third-order valence-electron chi connectivity index (χ3n) is 4.12. The van der Waals surface area contributed by atoms with Gasteiger partial charge in [0.15, 0.2) is 0 Å². The van der Waals surface area contributed by atoms with Crippen LogP contribution in [0.15, 0.2) is 0 Å². The number of carbonyl (C=O) groups is 1. The molecule has 1 N–H and O–H groups in total. The average Bonchev–Trinajstić information content (AvgIpc) is 3.10. The highest BCUT2D eigenvalue weighted by Crippen LogP contribution is 2.44. The largest absolute Gasteiger partial charge is 0.381 e. The van der Waals surface area contributed by atoms with E-state index >= 15 is 0 Å². The molecule has 98 valence electrons. The van der Waals surface area contributed by atoms with Gasteiger partial charge in [-0.05, 0) is 25.2 Å². The van der Waals surface area contributed by atoms with Crippen LogP contribution in [0.4, 0.5) is 0 Å². The Morgan fingerprint density at radius 3 is 2.76 bits per heavy atom. The Kier molecular flexibility index (Phi) is 4.84. The predicted octanol–water partition coefficient (Wildman–Crippen LogP) is 2.50. The molecular weight excluding hydrogens is 214 g/mol. The van der Waals surface area contributed by atoms with E-state index in [2.05, 4.69) is 5.32 Å². The van der Waals surface area contributed by atoms with Crippen molar-refractivity contribution in [3.05, 3.63) is 0 Å². The third kappa shape index (κ3) is 3.98. The molecule has 2 saturated carbocycles. The molecule has 1 amide bonds. The SMILES string of the molecule is CCOCCC(=O)N[C@@H]1C[C@@H]1C1CCCCC1. The second-order valence-corrected chi connectivity index (χ2v) is 5.42. The highest BCUT2D eigenvalue weighted by Gasteiger charge is 2.43.